The lowest BCUT2D eigenvalue weighted by Gasteiger charge is -2.29. The monoisotopic (exact) mass is 358 g/mol. The molecule has 2 aliphatic rings. The van der Waals surface area contributed by atoms with Gasteiger partial charge in [0, 0.05) is 25.7 Å². The molecule has 0 saturated carbocycles. The van der Waals surface area contributed by atoms with Crippen LogP contribution in [0, 0.1) is 0 Å². The van der Waals surface area contributed by atoms with Gasteiger partial charge in [0.25, 0.3) is 0 Å². The number of carbonyl (C=O) groups excluding carboxylic acids is 1. The van der Waals surface area contributed by atoms with Gasteiger partial charge in [0.05, 0.1) is 18.0 Å². The highest BCUT2D eigenvalue weighted by molar-refractivity contribution is 5.69. The molecule has 0 aromatic heterocycles. The molecule has 0 aliphatic carbocycles. The molecule has 2 N–H and O–H groups in total. The van der Waals surface area contributed by atoms with E-state index in [-0.39, 0.29) is 5.97 Å². The van der Waals surface area contributed by atoms with Crippen LogP contribution in [0.1, 0.15) is 50.7 Å². The van der Waals surface area contributed by atoms with Crippen LogP contribution in [0.3, 0.4) is 0 Å². The molecule has 0 atom stereocenters. The van der Waals surface area contributed by atoms with Crippen molar-refractivity contribution in [1.82, 2.24) is 15.9 Å². The van der Waals surface area contributed by atoms with E-state index >= 15 is 0 Å². The molecule has 0 bridgehead atoms. The maximum Gasteiger partial charge on any atom is 0.305 e. The number of allylic oxidation sites excluding steroid dienone is 1. The summed E-state index contributed by atoms with van der Waals surface area (Å²) in [6.45, 7) is 7.30. The molecule has 6 nitrogen and oxygen atoms in total. The Morgan fingerprint density at radius 3 is 2.96 bits per heavy atom. The molecule has 2 heterocycles. The molecular formula is C20H30N4O2. The van der Waals surface area contributed by atoms with Crippen LogP contribution >= 0.6 is 0 Å². The highest BCUT2D eigenvalue weighted by Gasteiger charge is 2.24. The van der Waals surface area contributed by atoms with Crippen molar-refractivity contribution in [2.75, 3.05) is 24.7 Å². The van der Waals surface area contributed by atoms with Gasteiger partial charge in [-0.1, -0.05) is 12.1 Å². The Hall–Kier alpha value is -2.05. The lowest BCUT2D eigenvalue weighted by molar-refractivity contribution is -0.143. The van der Waals surface area contributed by atoms with Crippen molar-refractivity contribution in [1.29, 1.82) is 0 Å². The maximum atomic E-state index is 11.5. The third-order valence-corrected chi connectivity index (χ3v) is 4.89. The van der Waals surface area contributed by atoms with E-state index in [1.807, 2.05) is 6.92 Å². The zero-order valence-electron chi connectivity index (χ0n) is 15.9. The van der Waals surface area contributed by atoms with Gasteiger partial charge >= 0.3 is 5.97 Å². The predicted octanol–water partition coefficient (Wildman–Crippen LogP) is 2.86. The van der Waals surface area contributed by atoms with Crippen molar-refractivity contribution >= 4 is 11.7 Å². The molecule has 1 aromatic carbocycles. The fraction of sp³-hybridized carbons (Fsp3) is 0.550. The molecule has 3 rings (SSSR count). The average Bonchev–Trinajstić information content (AvgIpc) is 3.08. The second kappa shape index (κ2) is 9.05. The largest absolute Gasteiger partial charge is 0.466 e. The third-order valence-electron chi connectivity index (χ3n) is 4.89. The van der Waals surface area contributed by atoms with Crippen LogP contribution in [0.25, 0.3) is 0 Å². The lowest BCUT2D eigenvalue weighted by Crippen LogP contribution is -2.41. The minimum atomic E-state index is -0.0947. The summed E-state index contributed by atoms with van der Waals surface area (Å²) in [5.41, 5.74) is 8.80. The van der Waals surface area contributed by atoms with Gasteiger partial charge in [0.2, 0.25) is 0 Å². The summed E-state index contributed by atoms with van der Waals surface area (Å²) in [6.07, 6.45) is 6.49. The van der Waals surface area contributed by atoms with Crippen molar-refractivity contribution in [3.8, 4) is 0 Å². The van der Waals surface area contributed by atoms with E-state index in [2.05, 4.69) is 52.2 Å². The van der Waals surface area contributed by atoms with Crippen molar-refractivity contribution in [2.45, 2.75) is 52.5 Å². The van der Waals surface area contributed by atoms with E-state index < -0.39 is 0 Å². The maximum absolute atomic E-state index is 11.5. The van der Waals surface area contributed by atoms with Gasteiger partial charge < -0.3 is 10.1 Å². The highest BCUT2D eigenvalue weighted by Crippen LogP contribution is 2.31. The van der Waals surface area contributed by atoms with E-state index in [1.165, 1.54) is 22.5 Å². The highest BCUT2D eigenvalue weighted by atomic mass is 16.5. The van der Waals surface area contributed by atoms with E-state index in [4.69, 9.17) is 4.74 Å². The van der Waals surface area contributed by atoms with Crippen molar-refractivity contribution in [3.05, 3.63) is 41.2 Å². The molecule has 1 aromatic rings. The number of hydrogen-bond donors (Lipinski definition) is 2. The summed E-state index contributed by atoms with van der Waals surface area (Å²) in [5.74, 6) is -0.0947. The molecule has 26 heavy (non-hydrogen) atoms. The topological polar surface area (TPSA) is 56.8 Å². The standard InChI is InChI=1S/C20H30N4O2/c1-3-23-15-17(9-5-6-11-20(25)26-4-2)24(22-23)19-10-7-8-16-14-21-13-12-18(16)19/h7-8,10,15,21-22H,3-6,9,11-14H2,1-2H3. The summed E-state index contributed by atoms with van der Waals surface area (Å²) < 4.78 is 5.01. The normalized spacial score (nSPS) is 16.5. The second-order valence-electron chi connectivity index (χ2n) is 6.70. The quantitative estimate of drug-likeness (QED) is 0.550. The SMILES string of the molecule is CCOC(=O)CCCCC1=CN(CC)NN1c1cccc2c1CCNC2. The minimum Gasteiger partial charge on any atom is -0.466 e. The first-order chi connectivity index (χ1) is 12.7. The first-order valence-electron chi connectivity index (χ1n) is 9.73. The first kappa shape index (κ1) is 18.7. The van der Waals surface area contributed by atoms with E-state index in [0.717, 1.165) is 45.3 Å². The summed E-state index contributed by atoms with van der Waals surface area (Å²) in [6, 6.07) is 6.54. The number of nitrogens with zero attached hydrogens (tertiary/aromatic N) is 2. The molecular weight excluding hydrogens is 328 g/mol. The average molecular weight is 358 g/mol. The zero-order chi connectivity index (χ0) is 18.4. The predicted molar refractivity (Wildman–Crippen MR) is 103 cm³/mol. The number of hydrazine groups is 2. The molecule has 142 valence electrons. The molecule has 0 radical (unpaired) electrons. The van der Waals surface area contributed by atoms with Gasteiger partial charge in [0.1, 0.15) is 0 Å². The number of fused-ring (bicyclic) bond motifs is 1. The summed E-state index contributed by atoms with van der Waals surface area (Å²) in [7, 11) is 0. The Kier molecular flexibility index (Phi) is 6.52. The number of carbonyl (C=O) groups is 1. The lowest BCUT2D eigenvalue weighted by atomic mass is 9.98. The number of ether oxygens (including phenoxy) is 1. The number of nitrogens with one attached hydrogen (secondary N) is 2. The van der Waals surface area contributed by atoms with Gasteiger partial charge in [-0.05, 0) is 63.3 Å². The fourth-order valence-electron chi connectivity index (χ4n) is 3.54. The summed E-state index contributed by atoms with van der Waals surface area (Å²) in [4.78, 5) is 11.5. The van der Waals surface area contributed by atoms with Gasteiger partial charge in [-0.2, -0.15) is 0 Å². The van der Waals surface area contributed by atoms with Gasteiger partial charge in [-0.3, -0.25) is 14.8 Å². The Balaban J connectivity index is 1.67. The Labute approximate surface area is 156 Å². The Morgan fingerprint density at radius 1 is 1.27 bits per heavy atom. The van der Waals surface area contributed by atoms with E-state index in [1.54, 1.807) is 0 Å². The smallest absolute Gasteiger partial charge is 0.305 e. The summed E-state index contributed by atoms with van der Waals surface area (Å²) >= 11 is 0. The number of esters is 1. The zero-order valence-corrected chi connectivity index (χ0v) is 15.9. The van der Waals surface area contributed by atoms with Crippen LogP contribution in [-0.2, 0) is 22.5 Å². The molecule has 6 heteroatoms. The first-order valence-corrected chi connectivity index (χ1v) is 9.73. The molecule has 0 saturated heterocycles. The van der Waals surface area contributed by atoms with Crippen LogP contribution in [-0.4, -0.2) is 30.7 Å². The number of unbranched alkanes of at least 4 members (excludes halogenated alkanes) is 1. The fourth-order valence-corrected chi connectivity index (χ4v) is 3.54. The molecule has 0 amide bonds. The second-order valence-corrected chi connectivity index (χ2v) is 6.70. The van der Waals surface area contributed by atoms with E-state index in [0.29, 0.717) is 13.0 Å². The summed E-state index contributed by atoms with van der Waals surface area (Å²) in [5, 5.41) is 7.78. The van der Waals surface area contributed by atoms with Gasteiger partial charge in [0.15, 0.2) is 0 Å². The van der Waals surface area contributed by atoms with Gasteiger partial charge in [-0.15, -0.1) is 5.53 Å². The van der Waals surface area contributed by atoms with Crippen LogP contribution in [0.2, 0.25) is 0 Å². The Bertz CT molecular complexity index is 659. The van der Waals surface area contributed by atoms with E-state index in [9.17, 15) is 4.79 Å². The van der Waals surface area contributed by atoms with Crippen molar-refractivity contribution < 1.29 is 9.53 Å². The van der Waals surface area contributed by atoms with Crippen molar-refractivity contribution in [3.63, 3.8) is 0 Å². The van der Waals surface area contributed by atoms with Crippen LogP contribution in [0.15, 0.2) is 30.1 Å². The van der Waals surface area contributed by atoms with Crippen LogP contribution < -0.4 is 15.9 Å². The molecule has 2 aliphatic heterocycles. The molecule has 0 spiro atoms. The number of hydrogen-bond acceptors (Lipinski definition) is 6. The number of rotatable bonds is 8. The molecule has 0 unspecified atom stereocenters. The molecule has 0 fully saturated rings. The minimum absolute atomic E-state index is 0.0947. The third kappa shape index (κ3) is 4.37. The van der Waals surface area contributed by atoms with Crippen molar-refractivity contribution in [2.24, 2.45) is 0 Å². The number of benzene rings is 1. The Morgan fingerprint density at radius 2 is 2.15 bits per heavy atom. The van der Waals surface area contributed by atoms with Crippen LogP contribution in [0.4, 0.5) is 5.69 Å². The van der Waals surface area contributed by atoms with Crippen LogP contribution in [0.5, 0.6) is 0 Å². The van der Waals surface area contributed by atoms with Gasteiger partial charge in [-0.25, -0.2) is 0 Å². The number of anilines is 1.